The van der Waals surface area contributed by atoms with E-state index in [9.17, 15) is 4.79 Å². The number of ketones is 1. The average Bonchev–Trinajstić information content (AvgIpc) is 2.43. The Balaban J connectivity index is 2.33. The van der Waals surface area contributed by atoms with Gasteiger partial charge in [0, 0.05) is 37.1 Å². The Morgan fingerprint density at radius 3 is 2.94 bits per heavy atom. The van der Waals surface area contributed by atoms with E-state index in [1.807, 2.05) is 24.3 Å². The van der Waals surface area contributed by atoms with Gasteiger partial charge >= 0.3 is 0 Å². The van der Waals surface area contributed by atoms with Gasteiger partial charge in [-0.15, -0.1) is 0 Å². The fourth-order valence-electron chi connectivity index (χ4n) is 1.89. The van der Waals surface area contributed by atoms with Gasteiger partial charge in [0.2, 0.25) is 0 Å². The summed E-state index contributed by atoms with van der Waals surface area (Å²) >= 11 is 0. The highest BCUT2D eigenvalue weighted by Crippen LogP contribution is 2.18. The van der Waals surface area contributed by atoms with Gasteiger partial charge in [-0.1, -0.05) is 24.3 Å². The molecule has 1 atom stereocenters. The zero-order valence-corrected chi connectivity index (χ0v) is 10.3. The molecule has 0 aliphatic carbocycles. The third-order valence-electron chi connectivity index (χ3n) is 2.90. The van der Waals surface area contributed by atoms with E-state index in [1.165, 1.54) is 0 Å². The minimum absolute atomic E-state index is 0.0867. The van der Waals surface area contributed by atoms with E-state index in [0.717, 1.165) is 10.8 Å². The van der Waals surface area contributed by atoms with E-state index in [2.05, 4.69) is 4.98 Å². The standard InChI is InChI=1S/C14H16N2O2/c1-18-7-6-13(15)14(17)12-9-16-8-10-4-2-3-5-11(10)12/h2-5,8-9,13H,6-7,15H2,1H3. The Labute approximate surface area is 106 Å². The summed E-state index contributed by atoms with van der Waals surface area (Å²) in [6.45, 7) is 0.477. The molecule has 4 heteroatoms. The second-order valence-electron chi connectivity index (χ2n) is 4.16. The van der Waals surface area contributed by atoms with Crippen LogP contribution in [-0.2, 0) is 4.74 Å². The van der Waals surface area contributed by atoms with Gasteiger partial charge in [0.1, 0.15) is 0 Å². The molecule has 0 saturated carbocycles. The molecule has 4 nitrogen and oxygen atoms in total. The molecule has 0 bridgehead atoms. The third-order valence-corrected chi connectivity index (χ3v) is 2.90. The first-order valence-electron chi connectivity index (χ1n) is 5.85. The predicted molar refractivity (Wildman–Crippen MR) is 70.5 cm³/mol. The zero-order chi connectivity index (χ0) is 13.0. The lowest BCUT2D eigenvalue weighted by atomic mass is 9.99. The number of aromatic nitrogens is 1. The molecule has 2 aromatic rings. The highest BCUT2D eigenvalue weighted by Gasteiger charge is 2.17. The van der Waals surface area contributed by atoms with Crippen LogP contribution in [-0.4, -0.2) is 30.5 Å². The summed E-state index contributed by atoms with van der Waals surface area (Å²) in [6, 6.07) is 7.12. The number of methoxy groups -OCH3 is 1. The van der Waals surface area contributed by atoms with E-state index >= 15 is 0 Å². The number of hydrogen-bond donors (Lipinski definition) is 1. The number of benzene rings is 1. The Morgan fingerprint density at radius 1 is 1.39 bits per heavy atom. The molecule has 1 aromatic carbocycles. The zero-order valence-electron chi connectivity index (χ0n) is 10.3. The van der Waals surface area contributed by atoms with Crippen LogP contribution in [0.1, 0.15) is 16.8 Å². The molecule has 18 heavy (non-hydrogen) atoms. The van der Waals surface area contributed by atoms with Crippen molar-refractivity contribution in [3.8, 4) is 0 Å². The van der Waals surface area contributed by atoms with Gasteiger partial charge in [-0.2, -0.15) is 0 Å². The fourth-order valence-corrected chi connectivity index (χ4v) is 1.89. The number of pyridine rings is 1. The number of carbonyl (C=O) groups excluding carboxylic acids is 1. The Kier molecular flexibility index (Phi) is 4.02. The van der Waals surface area contributed by atoms with Crippen molar-refractivity contribution in [1.82, 2.24) is 4.98 Å². The number of hydrogen-bond acceptors (Lipinski definition) is 4. The van der Waals surface area contributed by atoms with Gasteiger partial charge in [-0.3, -0.25) is 9.78 Å². The van der Waals surface area contributed by atoms with Crippen molar-refractivity contribution in [1.29, 1.82) is 0 Å². The third kappa shape index (κ3) is 2.55. The van der Waals surface area contributed by atoms with E-state index in [1.54, 1.807) is 19.5 Å². The van der Waals surface area contributed by atoms with Gasteiger partial charge in [0.05, 0.1) is 6.04 Å². The molecule has 94 valence electrons. The van der Waals surface area contributed by atoms with Gasteiger partial charge in [0.25, 0.3) is 0 Å². The second kappa shape index (κ2) is 5.71. The van der Waals surface area contributed by atoms with Crippen LogP contribution in [0.4, 0.5) is 0 Å². The van der Waals surface area contributed by atoms with Crippen molar-refractivity contribution in [2.45, 2.75) is 12.5 Å². The maximum absolute atomic E-state index is 12.2. The van der Waals surface area contributed by atoms with Crippen LogP contribution in [0.3, 0.4) is 0 Å². The topological polar surface area (TPSA) is 65.2 Å². The molecule has 0 radical (unpaired) electrons. The summed E-state index contributed by atoms with van der Waals surface area (Å²) in [7, 11) is 1.59. The monoisotopic (exact) mass is 244 g/mol. The predicted octanol–water partition coefficient (Wildman–Crippen LogP) is 1.78. The van der Waals surface area contributed by atoms with Crippen LogP contribution in [0.25, 0.3) is 10.8 Å². The van der Waals surface area contributed by atoms with Gasteiger partial charge in [-0.25, -0.2) is 0 Å². The molecule has 0 aliphatic rings. The summed E-state index contributed by atoms with van der Waals surface area (Å²) in [6.07, 6.45) is 3.84. The van der Waals surface area contributed by atoms with E-state index in [4.69, 9.17) is 10.5 Å². The normalized spacial score (nSPS) is 12.6. The molecule has 0 spiro atoms. The number of nitrogens with zero attached hydrogens (tertiary/aromatic N) is 1. The van der Waals surface area contributed by atoms with Crippen molar-refractivity contribution in [3.05, 3.63) is 42.2 Å². The lowest BCUT2D eigenvalue weighted by molar-refractivity contribution is 0.0936. The average molecular weight is 244 g/mol. The Bertz CT molecular complexity index is 549. The quantitative estimate of drug-likeness (QED) is 0.814. The molecule has 2 N–H and O–H groups in total. The van der Waals surface area contributed by atoms with Crippen LogP contribution in [0.5, 0.6) is 0 Å². The number of carbonyl (C=O) groups is 1. The lowest BCUT2D eigenvalue weighted by Crippen LogP contribution is -2.31. The molecule has 1 heterocycles. The smallest absolute Gasteiger partial charge is 0.181 e. The fraction of sp³-hybridized carbons (Fsp3) is 0.286. The number of ether oxygens (including phenoxy) is 1. The largest absolute Gasteiger partial charge is 0.385 e. The summed E-state index contributed by atoms with van der Waals surface area (Å²) in [5.41, 5.74) is 6.45. The summed E-state index contributed by atoms with van der Waals surface area (Å²) in [5, 5.41) is 1.84. The van der Waals surface area contributed by atoms with Crippen LogP contribution in [0.15, 0.2) is 36.7 Å². The molecule has 0 amide bonds. The van der Waals surface area contributed by atoms with Crippen LogP contribution < -0.4 is 5.73 Å². The molecule has 0 aliphatic heterocycles. The van der Waals surface area contributed by atoms with Crippen LogP contribution >= 0.6 is 0 Å². The highest BCUT2D eigenvalue weighted by atomic mass is 16.5. The van der Waals surface area contributed by atoms with E-state index in [-0.39, 0.29) is 5.78 Å². The number of rotatable bonds is 5. The van der Waals surface area contributed by atoms with Crippen molar-refractivity contribution < 1.29 is 9.53 Å². The van der Waals surface area contributed by atoms with Gasteiger partial charge in [-0.05, 0) is 11.8 Å². The lowest BCUT2D eigenvalue weighted by Gasteiger charge is -2.11. The molecule has 1 aromatic heterocycles. The first-order chi connectivity index (χ1) is 8.74. The maximum atomic E-state index is 12.2. The molecular formula is C14H16N2O2. The van der Waals surface area contributed by atoms with Gasteiger partial charge in [0.15, 0.2) is 5.78 Å². The summed E-state index contributed by atoms with van der Waals surface area (Å²) in [5.74, 6) is -0.0867. The van der Waals surface area contributed by atoms with Crippen molar-refractivity contribution in [2.24, 2.45) is 5.73 Å². The number of nitrogens with two attached hydrogens (primary N) is 1. The Hall–Kier alpha value is -1.78. The van der Waals surface area contributed by atoms with E-state index in [0.29, 0.717) is 18.6 Å². The van der Waals surface area contributed by atoms with E-state index < -0.39 is 6.04 Å². The Morgan fingerprint density at radius 2 is 2.17 bits per heavy atom. The van der Waals surface area contributed by atoms with Crippen molar-refractivity contribution >= 4 is 16.6 Å². The minimum Gasteiger partial charge on any atom is -0.385 e. The second-order valence-corrected chi connectivity index (χ2v) is 4.16. The molecule has 0 saturated heterocycles. The van der Waals surface area contributed by atoms with Crippen molar-refractivity contribution in [2.75, 3.05) is 13.7 Å². The molecule has 2 rings (SSSR count). The highest BCUT2D eigenvalue weighted by molar-refractivity contribution is 6.09. The van der Waals surface area contributed by atoms with Crippen molar-refractivity contribution in [3.63, 3.8) is 0 Å². The number of Topliss-reactive ketones (excluding diaryl/α,β-unsaturated/α-hetero) is 1. The maximum Gasteiger partial charge on any atom is 0.181 e. The molecular weight excluding hydrogens is 228 g/mol. The van der Waals surface area contributed by atoms with Gasteiger partial charge < -0.3 is 10.5 Å². The summed E-state index contributed by atoms with van der Waals surface area (Å²) < 4.78 is 4.94. The van der Waals surface area contributed by atoms with Crippen LogP contribution in [0, 0.1) is 0 Å². The first-order valence-corrected chi connectivity index (χ1v) is 5.85. The summed E-state index contributed by atoms with van der Waals surface area (Å²) in [4.78, 5) is 16.3. The number of fused-ring (bicyclic) bond motifs is 1. The molecule has 0 fully saturated rings. The SMILES string of the molecule is COCCC(N)C(=O)c1cncc2ccccc12. The van der Waals surface area contributed by atoms with Crippen LogP contribution in [0.2, 0.25) is 0 Å². The first kappa shape index (κ1) is 12.7. The minimum atomic E-state index is -0.544. The molecule has 1 unspecified atom stereocenters.